The molecule has 5 heteroatoms. The van der Waals surface area contributed by atoms with Gasteiger partial charge in [-0.1, -0.05) is 18.2 Å². The SMILES string of the molecule is NN=Cc1ccccc1-n1cc(Br)cn1. The molecule has 4 nitrogen and oxygen atoms in total. The highest BCUT2D eigenvalue weighted by atomic mass is 79.9. The summed E-state index contributed by atoms with van der Waals surface area (Å²) in [4.78, 5) is 0. The molecule has 76 valence electrons. The summed E-state index contributed by atoms with van der Waals surface area (Å²) in [5.41, 5.74) is 1.87. The number of nitrogens with two attached hydrogens (primary N) is 1. The van der Waals surface area contributed by atoms with Crippen LogP contribution in [-0.2, 0) is 0 Å². The zero-order valence-electron chi connectivity index (χ0n) is 7.84. The Morgan fingerprint density at radius 1 is 1.40 bits per heavy atom. The third-order valence-electron chi connectivity index (χ3n) is 1.95. The summed E-state index contributed by atoms with van der Waals surface area (Å²) in [7, 11) is 0. The van der Waals surface area contributed by atoms with E-state index in [4.69, 9.17) is 5.84 Å². The summed E-state index contributed by atoms with van der Waals surface area (Å²) in [6.07, 6.45) is 5.21. The van der Waals surface area contributed by atoms with Crippen LogP contribution in [0.1, 0.15) is 5.56 Å². The summed E-state index contributed by atoms with van der Waals surface area (Å²) in [5.74, 6) is 5.14. The second kappa shape index (κ2) is 4.27. The van der Waals surface area contributed by atoms with Crippen molar-refractivity contribution in [2.24, 2.45) is 10.9 Å². The lowest BCUT2D eigenvalue weighted by atomic mass is 10.2. The van der Waals surface area contributed by atoms with Crippen LogP contribution in [0.25, 0.3) is 5.69 Å². The molecule has 15 heavy (non-hydrogen) atoms. The van der Waals surface area contributed by atoms with E-state index in [2.05, 4.69) is 26.1 Å². The molecule has 1 heterocycles. The van der Waals surface area contributed by atoms with Gasteiger partial charge in [0, 0.05) is 11.8 Å². The first-order chi connectivity index (χ1) is 7.31. The van der Waals surface area contributed by atoms with Crippen LogP contribution in [0.4, 0.5) is 0 Å². The molecule has 0 aliphatic carbocycles. The van der Waals surface area contributed by atoms with Crippen molar-refractivity contribution in [1.82, 2.24) is 9.78 Å². The fraction of sp³-hybridized carbons (Fsp3) is 0. The van der Waals surface area contributed by atoms with Gasteiger partial charge in [0.25, 0.3) is 0 Å². The molecular formula is C10H9BrN4. The average molecular weight is 265 g/mol. The van der Waals surface area contributed by atoms with E-state index in [0.717, 1.165) is 15.7 Å². The Balaban J connectivity index is 2.52. The van der Waals surface area contributed by atoms with Gasteiger partial charge in [-0.3, -0.25) is 0 Å². The van der Waals surface area contributed by atoms with Gasteiger partial charge in [-0.15, -0.1) is 0 Å². The number of benzene rings is 1. The van der Waals surface area contributed by atoms with Crippen molar-refractivity contribution in [3.05, 3.63) is 46.7 Å². The normalized spacial score (nSPS) is 11.0. The molecule has 1 aromatic carbocycles. The van der Waals surface area contributed by atoms with Crippen LogP contribution in [0.5, 0.6) is 0 Å². The third-order valence-corrected chi connectivity index (χ3v) is 2.36. The molecule has 0 unspecified atom stereocenters. The van der Waals surface area contributed by atoms with Crippen molar-refractivity contribution in [3.63, 3.8) is 0 Å². The lowest BCUT2D eigenvalue weighted by Gasteiger charge is -2.04. The molecule has 0 atom stereocenters. The van der Waals surface area contributed by atoms with Gasteiger partial charge in [0.2, 0.25) is 0 Å². The Kier molecular flexibility index (Phi) is 2.82. The number of nitrogens with zero attached hydrogens (tertiary/aromatic N) is 3. The molecule has 0 saturated carbocycles. The Labute approximate surface area is 95.5 Å². The van der Waals surface area contributed by atoms with E-state index in [1.165, 1.54) is 0 Å². The molecule has 0 fully saturated rings. The Hall–Kier alpha value is -1.62. The van der Waals surface area contributed by atoms with Crippen LogP contribution in [0.15, 0.2) is 46.2 Å². The minimum atomic E-state index is 0.926. The fourth-order valence-electron chi connectivity index (χ4n) is 1.32. The van der Waals surface area contributed by atoms with Gasteiger partial charge in [0.15, 0.2) is 0 Å². The average Bonchev–Trinajstić information content (AvgIpc) is 2.66. The Morgan fingerprint density at radius 3 is 2.87 bits per heavy atom. The van der Waals surface area contributed by atoms with E-state index >= 15 is 0 Å². The van der Waals surface area contributed by atoms with Crippen molar-refractivity contribution >= 4 is 22.1 Å². The lowest BCUT2D eigenvalue weighted by Crippen LogP contribution is -1.99. The monoisotopic (exact) mass is 264 g/mol. The second-order valence-electron chi connectivity index (χ2n) is 2.94. The smallest absolute Gasteiger partial charge is 0.0734 e. The number of para-hydroxylation sites is 1. The lowest BCUT2D eigenvalue weighted by molar-refractivity contribution is 0.879. The molecule has 0 aliphatic rings. The minimum absolute atomic E-state index is 0.926. The molecule has 0 spiro atoms. The number of rotatable bonds is 2. The number of hydrazone groups is 1. The highest BCUT2D eigenvalue weighted by molar-refractivity contribution is 9.10. The van der Waals surface area contributed by atoms with Crippen LogP contribution in [-0.4, -0.2) is 16.0 Å². The van der Waals surface area contributed by atoms with Crippen molar-refractivity contribution in [1.29, 1.82) is 0 Å². The van der Waals surface area contributed by atoms with Crippen LogP contribution >= 0.6 is 15.9 Å². The fourth-order valence-corrected chi connectivity index (χ4v) is 1.60. The van der Waals surface area contributed by atoms with Crippen LogP contribution in [0.2, 0.25) is 0 Å². The summed E-state index contributed by atoms with van der Waals surface area (Å²) in [5, 5.41) is 7.72. The zero-order chi connectivity index (χ0) is 10.7. The predicted molar refractivity (Wildman–Crippen MR) is 63.0 cm³/mol. The first-order valence-electron chi connectivity index (χ1n) is 4.34. The van der Waals surface area contributed by atoms with Gasteiger partial charge < -0.3 is 5.84 Å². The molecule has 2 aromatic rings. The summed E-state index contributed by atoms with van der Waals surface area (Å²) in [6, 6.07) is 7.76. The maximum absolute atomic E-state index is 5.14. The highest BCUT2D eigenvalue weighted by Crippen LogP contribution is 2.15. The van der Waals surface area contributed by atoms with Gasteiger partial charge >= 0.3 is 0 Å². The first-order valence-corrected chi connectivity index (χ1v) is 5.13. The van der Waals surface area contributed by atoms with E-state index in [-0.39, 0.29) is 0 Å². The van der Waals surface area contributed by atoms with Crippen molar-refractivity contribution < 1.29 is 0 Å². The number of hydrogen-bond donors (Lipinski definition) is 1. The van der Waals surface area contributed by atoms with Crippen LogP contribution in [0, 0.1) is 0 Å². The zero-order valence-corrected chi connectivity index (χ0v) is 9.42. The van der Waals surface area contributed by atoms with E-state index in [9.17, 15) is 0 Å². The quantitative estimate of drug-likeness (QED) is 0.512. The number of halogens is 1. The largest absolute Gasteiger partial charge is 0.323 e. The maximum atomic E-state index is 5.14. The van der Waals surface area contributed by atoms with Gasteiger partial charge in [-0.2, -0.15) is 10.2 Å². The van der Waals surface area contributed by atoms with Gasteiger partial charge in [0.1, 0.15) is 0 Å². The molecule has 1 aromatic heterocycles. The molecule has 0 bridgehead atoms. The number of aromatic nitrogens is 2. The van der Waals surface area contributed by atoms with Crippen LogP contribution in [0.3, 0.4) is 0 Å². The molecule has 0 saturated heterocycles. The van der Waals surface area contributed by atoms with E-state index in [0.29, 0.717) is 0 Å². The van der Waals surface area contributed by atoms with Crippen LogP contribution < -0.4 is 5.84 Å². The minimum Gasteiger partial charge on any atom is -0.323 e. The molecule has 0 aliphatic heterocycles. The topological polar surface area (TPSA) is 56.2 Å². The van der Waals surface area contributed by atoms with Gasteiger partial charge in [0.05, 0.1) is 22.6 Å². The Bertz CT molecular complexity index is 490. The third kappa shape index (κ3) is 2.07. The van der Waals surface area contributed by atoms with Gasteiger partial charge in [-0.05, 0) is 22.0 Å². The van der Waals surface area contributed by atoms with Crippen molar-refractivity contribution in [3.8, 4) is 5.69 Å². The van der Waals surface area contributed by atoms with E-state index in [1.807, 2.05) is 30.5 Å². The summed E-state index contributed by atoms with van der Waals surface area (Å²) < 4.78 is 2.70. The Morgan fingerprint density at radius 2 is 2.20 bits per heavy atom. The molecule has 0 radical (unpaired) electrons. The van der Waals surface area contributed by atoms with E-state index in [1.54, 1.807) is 17.1 Å². The van der Waals surface area contributed by atoms with Gasteiger partial charge in [-0.25, -0.2) is 4.68 Å². The van der Waals surface area contributed by atoms with Crippen molar-refractivity contribution in [2.75, 3.05) is 0 Å². The highest BCUT2D eigenvalue weighted by Gasteiger charge is 2.02. The predicted octanol–water partition coefficient (Wildman–Crippen LogP) is 1.93. The summed E-state index contributed by atoms with van der Waals surface area (Å²) in [6.45, 7) is 0. The first kappa shape index (κ1) is 9.92. The number of hydrogen-bond acceptors (Lipinski definition) is 3. The van der Waals surface area contributed by atoms with E-state index < -0.39 is 0 Å². The molecule has 2 rings (SSSR count). The second-order valence-corrected chi connectivity index (χ2v) is 3.86. The van der Waals surface area contributed by atoms with Crippen molar-refractivity contribution in [2.45, 2.75) is 0 Å². The summed E-state index contributed by atoms with van der Waals surface area (Å²) >= 11 is 3.35. The molecule has 2 N–H and O–H groups in total. The molecular weight excluding hydrogens is 256 g/mol. The standard InChI is InChI=1S/C10H9BrN4/c11-9-6-14-15(7-9)10-4-2-1-3-8(10)5-13-12/h1-7H,12H2. The molecule has 0 amide bonds. The maximum Gasteiger partial charge on any atom is 0.0734 e.